The van der Waals surface area contributed by atoms with Crippen LogP contribution in [0.15, 0.2) is 36.4 Å². The van der Waals surface area contributed by atoms with E-state index in [1.807, 2.05) is 6.07 Å². The second-order valence-corrected chi connectivity index (χ2v) is 5.11. The van der Waals surface area contributed by atoms with E-state index in [4.69, 9.17) is 51.1 Å². The van der Waals surface area contributed by atoms with E-state index in [1.54, 1.807) is 30.3 Å². The van der Waals surface area contributed by atoms with E-state index in [2.05, 4.69) is 0 Å². The molecule has 1 nitrogen and oxygen atoms in total. The molecule has 0 spiro atoms. The molecule has 0 unspecified atom stereocenters. The summed E-state index contributed by atoms with van der Waals surface area (Å²) in [7, 11) is 0. The summed E-state index contributed by atoms with van der Waals surface area (Å²) < 4.78 is 5.71. The molecule has 5 heteroatoms. The Hall–Kier alpha value is -0.600. The van der Waals surface area contributed by atoms with Gasteiger partial charge in [0.05, 0.1) is 10.9 Å². The average Bonchev–Trinajstić information content (AvgIpc) is 2.33. The van der Waals surface area contributed by atoms with Crippen molar-refractivity contribution in [1.82, 2.24) is 0 Å². The van der Waals surface area contributed by atoms with Gasteiger partial charge in [0.25, 0.3) is 0 Å². The Morgan fingerprint density at radius 1 is 0.833 bits per heavy atom. The molecule has 0 saturated heterocycles. The first kappa shape index (κ1) is 13.8. The topological polar surface area (TPSA) is 9.23 Å². The fourth-order valence-electron chi connectivity index (χ4n) is 1.41. The van der Waals surface area contributed by atoms with Crippen LogP contribution in [0.1, 0.15) is 5.56 Å². The molecule has 0 aliphatic carbocycles. The van der Waals surface area contributed by atoms with Gasteiger partial charge >= 0.3 is 0 Å². The number of halogens is 4. The number of ether oxygens (including phenoxy) is 1. The van der Waals surface area contributed by atoms with Crippen LogP contribution >= 0.6 is 46.4 Å². The van der Waals surface area contributed by atoms with Crippen LogP contribution in [0.2, 0.25) is 15.1 Å². The van der Waals surface area contributed by atoms with E-state index < -0.39 is 0 Å². The zero-order valence-electron chi connectivity index (χ0n) is 9.09. The lowest BCUT2D eigenvalue weighted by atomic mass is 10.2. The van der Waals surface area contributed by atoms with Crippen molar-refractivity contribution in [1.29, 1.82) is 0 Å². The number of benzene rings is 2. The second-order valence-electron chi connectivity index (χ2n) is 3.56. The van der Waals surface area contributed by atoms with E-state index in [0.29, 0.717) is 32.4 Å². The van der Waals surface area contributed by atoms with E-state index in [-0.39, 0.29) is 0 Å². The van der Waals surface area contributed by atoms with Crippen molar-refractivity contribution in [2.45, 2.75) is 5.88 Å². The van der Waals surface area contributed by atoms with Gasteiger partial charge in [0, 0.05) is 15.6 Å². The predicted molar refractivity (Wildman–Crippen MR) is 77.5 cm³/mol. The SMILES string of the molecule is ClCc1ccc(Cl)cc1Oc1ccc(Cl)cc1Cl. The maximum absolute atomic E-state index is 6.04. The smallest absolute Gasteiger partial charge is 0.146 e. The summed E-state index contributed by atoms with van der Waals surface area (Å²) in [5.41, 5.74) is 0.840. The zero-order chi connectivity index (χ0) is 13.1. The van der Waals surface area contributed by atoms with Crippen LogP contribution in [0.3, 0.4) is 0 Å². The Morgan fingerprint density at radius 3 is 2.17 bits per heavy atom. The van der Waals surface area contributed by atoms with Crippen LogP contribution in [0.25, 0.3) is 0 Å². The van der Waals surface area contributed by atoms with Crippen molar-refractivity contribution in [3.05, 3.63) is 57.0 Å². The van der Waals surface area contributed by atoms with E-state index in [1.165, 1.54) is 0 Å². The summed E-state index contributed by atoms with van der Waals surface area (Å²) in [6.45, 7) is 0. The highest BCUT2D eigenvalue weighted by molar-refractivity contribution is 6.35. The summed E-state index contributed by atoms with van der Waals surface area (Å²) in [5.74, 6) is 1.42. The third-order valence-electron chi connectivity index (χ3n) is 2.29. The monoisotopic (exact) mass is 320 g/mol. The van der Waals surface area contributed by atoms with Crippen molar-refractivity contribution in [2.24, 2.45) is 0 Å². The Kier molecular flexibility index (Phi) is 4.63. The van der Waals surface area contributed by atoms with Gasteiger partial charge in [-0.05, 0) is 30.3 Å². The lowest BCUT2D eigenvalue weighted by Crippen LogP contribution is -1.90. The molecule has 94 valence electrons. The van der Waals surface area contributed by atoms with Crippen molar-refractivity contribution < 1.29 is 4.74 Å². The standard InChI is InChI=1S/C13H8Cl4O/c14-7-8-1-2-10(16)6-13(8)18-12-4-3-9(15)5-11(12)17/h1-6H,7H2. The van der Waals surface area contributed by atoms with Crippen molar-refractivity contribution in [3.8, 4) is 11.5 Å². The maximum Gasteiger partial charge on any atom is 0.146 e. The fraction of sp³-hybridized carbons (Fsp3) is 0.0769. The predicted octanol–water partition coefficient (Wildman–Crippen LogP) is 6.18. The molecule has 2 rings (SSSR count). The first-order valence-electron chi connectivity index (χ1n) is 5.07. The van der Waals surface area contributed by atoms with Gasteiger partial charge in [0.15, 0.2) is 0 Å². The highest BCUT2D eigenvalue weighted by Crippen LogP contribution is 2.34. The van der Waals surface area contributed by atoms with Crippen molar-refractivity contribution >= 4 is 46.4 Å². The minimum atomic E-state index is 0.331. The third-order valence-corrected chi connectivity index (χ3v) is 3.34. The molecule has 0 atom stereocenters. The first-order valence-corrected chi connectivity index (χ1v) is 6.74. The van der Waals surface area contributed by atoms with Crippen molar-refractivity contribution in [3.63, 3.8) is 0 Å². The van der Waals surface area contributed by atoms with Gasteiger partial charge < -0.3 is 4.74 Å². The van der Waals surface area contributed by atoms with Crippen LogP contribution < -0.4 is 4.74 Å². The molecule has 0 radical (unpaired) electrons. The second kappa shape index (κ2) is 6.03. The lowest BCUT2D eigenvalue weighted by molar-refractivity contribution is 0.478. The Labute approximate surface area is 125 Å². The average molecular weight is 322 g/mol. The van der Waals surface area contributed by atoms with Crippen LogP contribution in [0.5, 0.6) is 11.5 Å². The van der Waals surface area contributed by atoms with Gasteiger partial charge in [0.2, 0.25) is 0 Å². The van der Waals surface area contributed by atoms with E-state index in [9.17, 15) is 0 Å². The van der Waals surface area contributed by atoms with E-state index >= 15 is 0 Å². The summed E-state index contributed by atoms with van der Waals surface area (Å²) in [6, 6.07) is 10.3. The van der Waals surface area contributed by atoms with Crippen molar-refractivity contribution in [2.75, 3.05) is 0 Å². The number of alkyl halides is 1. The van der Waals surface area contributed by atoms with Gasteiger partial charge in [0.1, 0.15) is 11.5 Å². The van der Waals surface area contributed by atoms with E-state index in [0.717, 1.165) is 5.56 Å². The molecule has 18 heavy (non-hydrogen) atoms. The minimum Gasteiger partial charge on any atom is -0.455 e. The number of hydrogen-bond donors (Lipinski definition) is 0. The fourth-order valence-corrected chi connectivity index (χ4v) is 2.24. The molecule has 0 N–H and O–H groups in total. The van der Waals surface area contributed by atoms with Gasteiger partial charge in [-0.1, -0.05) is 40.9 Å². The third kappa shape index (κ3) is 3.24. The molecule has 0 aromatic heterocycles. The first-order chi connectivity index (χ1) is 8.60. The molecule has 0 aliphatic rings. The molecule has 0 bridgehead atoms. The van der Waals surface area contributed by atoms with Crippen LogP contribution in [-0.2, 0) is 5.88 Å². The molecule has 2 aromatic rings. The molecule has 0 heterocycles. The zero-order valence-corrected chi connectivity index (χ0v) is 12.1. The largest absolute Gasteiger partial charge is 0.455 e. The number of rotatable bonds is 3. The molecule has 0 fully saturated rings. The van der Waals surface area contributed by atoms with Crippen LogP contribution in [0.4, 0.5) is 0 Å². The molecule has 2 aromatic carbocycles. The quantitative estimate of drug-likeness (QED) is 0.613. The van der Waals surface area contributed by atoms with Gasteiger partial charge in [-0.25, -0.2) is 0 Å². The molecule has 0 aliphatic heterocycles. The number of hydrogen-bond acceptors (Lipinski definition) is 1. The maximum atomic E-state index is 6.04. The lowest BCUT2D eigenvalue weighted by Gasteiger charge is -2.11. The molecular weight excluding hydrogens is 314 g/mol. The highest BCUT2D eigenvalue weighted by Gasteiger charge is 2.08. The van der Waals surface area contributed by atoms with Gasteiger partial charge in [-0.15, -0.1) is 11.6 Å². The highest BCUT2D eigenvalue weighted by atomic mass is 35.5. The molecular formula is C13H8Cl4O. The normalized spacial score (nSPS) is 10.4. The Bertz CT molecular complexity index is 569. The summed E-state index contributed by atoms with van der Waals surface area (Å²) in [6.07, 6.45) is 0. The van der Waals surface area contributed by atoms with Crippen LogP contribution in [0, 0.1) is 0 Å². The summed E-state index contributed by atoms with van der Waals surface area (Å²) in [5, 5.41) is 1.56. The summed E-state index contributed by atoms with van der Waals surface area (Å²) in [4.78, 5) is 0. The van der Waals surface area contributed by atoms with Crippen LogP contribution in [-0.4, -0.2) is 0 Å². The Balaban J connectivity index is 2.36. The summed E-state index contributed by atoms with van der Waals surface area (Å²) >= 11 is 23.6. The van der Waals surface area contributed by atoms with Gasteiger partial charge in [-0.2, -0.15) is 0 Å². The molecule has 0 amide bonds. The van der Waals surface area contributed by atoms with Gasteiger partial charge in [-0.3, -0.25) is 0 Å². The Morgan fingerprint density at radius 2 is 1.50 bits per heavy atom. The minimum absolute atomic E-state index is 0.331. The molecule has 0 saturated carbocycles.